The van der Waals surface area contributed by atoms with Crippen LogP contribution in [0.1, 0.15) is 46.6 Å². The first-order chi connectivity index (χ1) is 17.4. The summed E-state index contributed by atoms with van der Waals surface area (Å²) in [6.07, 6.45) is 4.94. The number of hydrogen-bond acceptors (Lipinski definition) is 3. The number of fused-ring (bicyclic) bond motifs is 1. The molecule has 3 aromatic rings. The molecule has 186 valence electrons. The maximum absolute atomic E-state index is 14.7. The van der Waals surface area contributed by atoms with Crippen LogP contribution in [0.15, 0.2) is 42.5 Å². The number of amides is 2. The lowest BCUT2D eigenvalue weighted by molar-refractivity contribution is -0.110. The minimum atomic E-state index is -0.977. The van der Waals surface area contributed by atoms with Gasteiger partial charge in [-0.15, -0.1) is 0 Å². The summed E-state index contributed by atoms with van der Waals surface area (Å²) in [4.78, 5) is 31.5. The fraction of sp³-hybridized carbons (Fsp3) is 0.286. The van der Waals surface area contributed by atoms with Crippen molar-refractivity contribution < 1.29 is 18.4 Å². The molecule has 0 bridgehead atoms. The number of halogens is 2. The number of nitrogens with one attached hydrogen (secondary N) is 3. The third-order valence-corrected chi connectivity index (χ3v) is 6.72. The van der Waals surface area contributed by atoms with Crippen LogP contribution in [0.5, 0.6) is 0 Å². The van der Waals surface area contributed by atoms with Crippen LogP contribution < -0.4 is 10.6 Å². The number of likely N-dealkylation sites (tertiary alicyclic amines) is 1. The molecular weight excluding hydrogens is 462 g/mol. The molecule has 0 saturated carbocycles. The summed E-state index contributed by atoms with van der Waals surface area (Å²) in [6, 6.07) is 10.8. The van der Waals surface area contributed by atoms with Crippen LogP contribution in [0, 0.1) is 18.6 Å². The standard InChI is InChI=1S/C28H28F2N4O2/c1-17-15-20(27(35)31-11-6-14-34-12-2-3-13-34)24(32-17)16-21-25-18(7-5-10-23(25)33-28(21)36)19-8-4-9-22(29)26(19)30/h4-5,7-10,15-16,32H,2-3,6,11-14H2,1H3,(H,31,35)(H,33,36)/b21-16-. The summed E-state index contributed by atoms with van der Waals surface area (Å²) in [5.41, 5.74) is 3.38. The Kier molecular flexibility index (Phi) is 6.69. The molecule has 2 aliphatic rings. The van der Waals surface area contributed by atoms with Gasteiger partial charge in [0.15, 0.2) is 11.6 Å². The van der Waals surface area contributed by atoms with Gasteiger partial charge in [-0.05, 0) is 75.7 Å². The minimum absolute atomic E-state index is 0.0629. The largest absolute Gasteiger partial charge is 0.358 e. The number of anilines is 1. The number of aromatic amines is 1. The molecule has 6 nitrogen and oxygen atoms in total. The summed E-state index contributed by atoms with van der Waals surface area (Å²) in [5.74, 6) is -2.54. The normalized spacial score (nSPS) is 16.4. The second kappa shape index (κ2) is 10.1. The van der Waals surface area contributed by atoms with E-state index in [0.29, 0.717) is 34.6 Å². The minimum Gasteiger partial charge on any atom is -0.358 e. The molecule has 3 heterocycles. The molecule has 2 amide bonds. The highest BCUT2D eigenvalue weighted by Gasteiger charge is 2.29. The molecule has 1 aromatic heterocycles. The molecule has 1 saturated heterocycles. The molecule has 0 unspecified atom stereocenters. The van der Waals surface area contributed by atoms with E-state index < -0.39 is 11.6 Å². The van der Waals surface area contributed by atoms with Gasteiger partial charge in [0.2, 0.25) is 0 Å². The van der Waals surface area contributed by atoms with Crippen LogP contribution in [0.3, 0.4) is 0 Å². The zero-order valence-electron chi connectivity index (χ0n) is 20.1. The first kappa shape index (κ1) is 23.9. The predicted octanol–water partition coefficient (Wildman–Crippen LogP) is 4.98. The van der Waals surface area contributed by atoms with Gasteiger partial charge in [0, 0.05) is 29.1 Å². The predicted molar refractivity (Wildman–Crippen MR) is 136 cm³/mol. The fourth-order valence-corrected chi connectivity index (χ4v) is 4.99. The van der Waals surface area contributed by atoms with E-state index >= 15 is 0 Å². The molecule has 0 radical (unpaired) electrons. The molecule has 36 heavy (non-hydrogen) atoms. The number of nitrogens with zero attached hydrogens (tertiary/aromatic N) is 1. The molecule has 2 aromatic carbocycles. The Morgan fingerprint density at radius 2 is 1.86 bits per heavy atom. The summed E-state index contributed by atoms with van der Waals surface area (Å²) in [6.45, 7) is 5.59. The van der Waals surface area contributed by atoms with E-state index in [1.807, 2.05) is 6.92 Å². The van der Waals surface area contributed by atoms with Crippen molar-refractivity contribution in [3.05, 3.63) is 76.6 Å². The number of benzene rings is 2. The van der Waals surface area contributed by atoms with Gasteiger partial charge in [0.1, 0.15) is 0 Å². The van der Waals surface area contributed by atoms with Gasteiger partial charge in [-0.25, -0.2) is 8.78 Å². The zero-order valence-corrected chi connectivity index (χ0v) is 20.1. The molecule has 0 aliphatic carbocycles. The van der Waals surface area contributed by atoms with Crippen molar-refractivity contribution in [3.8, 4) is 11.1 Å². The number of aromatic nitrogens is 1. The lowest BCUT2D eigenvalue weighted by atomic mass is 9.93. The molecule has 2 aliphatic heterocycles. The quantitative estimate of drug-likeness (QED) is 0.323. The van der Waals surface area contributed by atoms with Crippen molar-refractivity contribution in [1.29, 1.82) is 0 Å². The van der Waals surface area contributed by atoms with Crippen LogP contribution in [-0.2, 0) is 4.79 Å². The second-order valence-electron chi connectivity index (χ2n) is 9.28. The Labute approximate surface area is 208 Å². The Bertz CT molecular complexity index is 1360. The number of carbonyl (C=O) groups is 2. The van der Waals surface area contributed by atoms with Crippen molar-refractivity contribution in [2.75, 3.05) is 31.5 Å². The second-order valence-corrected chi connectivity index (χ2v) is 9.28. The van der Waals surface area contributed by atoms with E-state index in [-0.39, 0.29) is 23.0 Å². The van der Waals surface area contributed by atoms with E-state index in [9.17, 15) is 18.4 Å². The van der Waals surface area contributed by atoms with E-state index in [2.05, 4.69) is 20.5 Å². The number of hydrogen-bond donors (Lipinski definition) is 3. The number of rotatable bonds is 7. The van der Waals surface area contributed by atoms with Crippen molar-refractivity contribution >= 4 is 29.2 Å². The topological polar surface area (TPSA) is 77.2 Å². The van der Waals surface area contributed by atoms with Crippen LogP contribution >= 0.6 is 0 Å². The number of carbonyl (C=O) groups excluding carboxylic acids is 2. The number of aryl methyl sites for hydroxylation is 1. The lowest BCUT2D eigenvalue weighted by Gasteiger charge is -2.14. The molecule has 0 spiro atoms. The van der Waals surface area contributed by atoms with E-state index in [0.717, 1.165) is 37.8 Å². The SMILES string of the molecule is Cc1cc(C(=O)NCCCN2CCCC2)c(/C=C2\C(=O)Nc3cccc(-c4cccc(F)c4F)c32)[nH]1. The third-order valence-electron chi connectivity index (χ3n) is 6.72. The van der Waals surface area contributed by atoms with Crippen LogP contribution in [0.2, 0.25) is 0 Å². The average Bonchev–Trinajstić information content (AvgIpc) is 3.58. The number of H-pyrrole nitrogens is 1. The first-order valence-corrected chi connectivity index (χ1v) is 12.2. The van der Waals surface area contributed by atoms with Crippen molar-refractivity contribution in [2.45, 2.75) is 26.2 Å². The van der Waals surface area contributed by atoms with Crippen molar-refractivity contribution in [1.82, 2.24) is 15.2 Å². The Morgan fingerprint density at radius 3 is 2.67 bits per heavy atom. The monoisotopic (exact) mass is 490 g/mol. The lowest BCUT2D eigenvalue weighted by Crippen LogP contribution is -2.28. The van der Waals surface area contributed by atoms with Crippen LogP contribution in [0.25, 0.3) is 22.8 Å². The smallest absolute Gasteiger partial charge is 0.256 e. The highest BCUT2D eigenvalue weighted by atomic mass is 19.2. The van der Waals surface area contributed by atoms with Crippen LogP contribution in [0.4, 0.5) is 14.5 Å². The van der Waals surface area contributed by atoms with Crippen molar-refractivity contribution in [3.63, 3.8) is 0 Å². The fourth-order valence-electron chi connectivity index (χ4n) is 4.99. The summed E-state index contributed by atoms with van der Waals surface area (Å²) in [7, 11) is 0. The van der Waals surface area contributed by atoms with Gasteiger partial charge in [0.25, 0.3) is 11.8 Å². The summed E-state index contributed by atoms with van der Waals surface area (Å²) >= 11 is 0. The zero-order chi connectivity index (χ0) is 25.2. The van der Waals surface area contributed by atoms with E-state index in [1.165, 1.54) is 25.0 Å². The van der Waals surface area contributed by atoms with Gasteiger partial charge in [-0.2, -0.15) is 0 Å². The summed E-state index contributed by atoms with van der Waals surface area (Å²) in [5, 5.41) is 5.77. The third kappa shape index (κ3) is 4.68. The van der Waals surface area contributed by atoms with Gasteiger partial charge in [-0.3, -0.25) is 9.59 Å². The maximum atomic E-state index is 14.7. The Morgan fingerprint density at radius 1 is 1.11 bits per heavy atom. The highest BCUT2D eigenvalue weighted by Crippen LogP contribution is 2.41. The maximum Gasteiger partial charge on any atom is 0.256 e. The molecule has 1 fully saturated rings. The molecule has 3 N–H and O–H groups in total. The van der Waals surface area contributed by atoms with E-state index in [1.54, 1.807) is 30.3 Å². The van der Waals surface area contributed by atoms with Gasteiger partial charge < -0.3 is 20.5 Å². The molecule has 8 heteroatoms. The first-order valence-electron chi connectivity index (χ1n) is 12.2. The van der Waals surface area contributed by atoms with Crippen LogP contribution in [-0.4, -0.2) is 47.9 Å². The van der Waals surface area contributed by atoms with Gasteiger partial charge in [-0.1, -0.05) is 24.3 Å². The highest BCUT2D eigenvalue weighted by molar-refractivity contribution is 6.36. The average molecular weight is 491 g/mol. The molecular formula is C28H28F2N4O2. The van der Waals surface area contributed by atoms with Gasteiger partial charge >= 0.3 is 0 Å². The summed E-state index contributed by atoms with van der Waals surface area (Å²) < 4.78 is 28.6. The van der Waals surface area contributed by atoms with Gasteiger partial charge in [0.05, 0.1) is 16.8 Å². The van der Waals surface area contributed by atoms with E-state index in [4.69, 9.17) is 0 Å². The molecule has 0 atom stereocenters. The Balaban J connectivity index is 1.43. The molecule has 5 rings (SSSR count). The van der Waals surface area contributed by atoms with Crippen molar-refractivity contribution in [2.24, 2.45) is 0 Å². The Hall–Kier alpha value is -3.78.